The van der Waals surface area contributed by atoms with Crippen molar-refractivity contribution in [2.24, 2.45) is 0 Å². The highest BCUT2D eigenvalue weighted by Gasteiger charge is 2.28. The molecule has 1 saturated heterocycles. The number of benzene rings is 2. The van der Waals surface area contributed by atoms with Crippen LogP contribution in [0.1, 0.15) is 19.9 Å². The Balaban J connectivity index is 1.47. The lowest BCUT2D eigenvalue weighted by molar-refractivity contribution is -0.135. The number of piperazine rings is 1. The Morgan fingerprint density at radius 3 is 2.39 bits per heavy atom. The SMILES string of the molecule is CCOc1ccc(-c2ccc(=O)n(C(C)C(=O)N3CCN(c4ccccc4F)CC3)n2)cc1. The number of para-hydroxylation sites is 1. The first-order valence-corrected chi connectivity index (χ1v) is 11.1. The van der Waals surface area contributed by atoms with E-state index in [1.54, 1.807) is 36.1 Å². The number of hydrogen-bond acceptors (Lipinski definition) is 5. The molecule has 4 rings (SSSR count). The molecular formula is C25H27FN4O3. The van der Waals surface area contributed by atoms with E-state index >= 15 is 0 Å². The number of carbonyl (C=O) groups is 1. The molecule has 1 unspecified atom stereocenters. The van der Waals surface area contributed by atoms with E-state index in [1.807, 2.05) is 36.1 Å². The Morgan fingerprint density at radius 2 is 1.73 bits per heavy atom. The highest BCUT2D eigenvalue weighted by Crippen LogP contribution is 2.22. The van der Waals surface area contributed by atoms with Crippen LogP contribution in [0.15, 0.2) is 65.5 Å². The number of ether oxygens (including phenoxy) is 1. The van der Waals surface area contributed by atoms with E-state index in [9.17, 15) is 14.0 Å². The second kappa shape index (κ2) is 9.85. The van der Waals surface area contributed by atoms with Crippen LogP contribution in [0.3, 0.4) is 0 Å². The van der Waals surface area contributed by atoms with Gasteiger partial charge in [-0.3, -0.25) is 9.59 Å². The molecule has 2 aromatic carbocycles. The first-order valence-electron chi connectivity index (χ1n) is 11.1. The molecule has 1 aliphatic rings. The Bertz CT molecular complexity index is 1170. The maximum absolute atomic E-state index is 14.1. The third-order valence-corrected chi connectivity index (χ3v) is 5.79. The van der Waals surface area contributed by atoms with Gasteiger partial charge in [-0.25, -0.2) is 9.07 Å². The zero-order valence-electron chi connectivity index (χ0n) is 18.8. The van der Waals surface area contributed by atoms with Gasteiger partial charge >= 0.3 is 0 Å². The molecule has 0 bridgehead atoms. The molecule has 172 valence electrons. The predicted octanol–water partition coefficient (Wildman–Crippen LogP) is 3.36. The Morgan fingerprint density at radius 1 is 1.03 bits per heavy atom. The van der Waals surface area contributed by atoms with Crippen LogP contribution in [0.4, 0.5) is 10.1 Å². The standard InChI is InChI=1S/C25H27FN4O3/c1-3-33-20-10-8-19(9-11-20)22-12-13-24(31)30(27-22)18(2)25(32)29-16-14-28(15-17-29)23-7-5-4-6-21(23)26/h4-13,18H,3,14-17H2,1-2H3. The molecule has 0 spiro atoms. The second-order valence-electron chi connectivity index (χ2n) is 7.90. The van der Waals surface area contributed by atoms with E-state index < -0.39 is 6.04 Å². The number of amides is 1. The molecule has 1 amide bonds. The van der Waals surface area contributed by atoms with Gasteiger partial charge < -0.3 is 14.5 Å². The average Bonchev–Trinajstić information content (AvgIpc) is 2.85. The molecule has 1 atom stereocenters. The van der Waals surface area contributed by atoms with Gasteiger partial charge in [-0.05, 0) is 56.3 Å². The Labute approximate surface area is 192 Å². The van der Waals surface area contributed by atoms with Crippen molar-refractivity contribution in [3.05, 3.63) is 76.8 Å². The van der Waals surface area contributed by atoms with Crippen LogP contribution in [-0.2, 0) is 4.79 Å². The molecule has 0 saturated carbocycles. The maximum atomic E-state index is 14.1. The smallest absolute Gasteiger partial charge is 0.267 e. The Hall–Kier alpha value is -3.68. The van der Waals surface area contributed by atoms with Gasteiger partial charge in [-0.15, -0.1) is 0 Å². The number of aromatic nitrogens is 2. The molecule has 7 nitrogen and oxygen atoms in total. The lowest BCUT2D eigenvalue weighted by Crippen LogP contribution is -2.51. The van der Waals surface area contributed by atoms with Gasteiger partial charge in [0.05, 0.1) is 18.0 Å². The highest BCUT2D eigenvalue weighted by molar-refractivity contribution is 5.80. The summed E-state index contributed by atoms with van der Waals surface area (Å²) in [5, 5.41) is 4.46. The third kappa shape index (κ3) is 4.89. The number of rotatable bonds is 6. The van der Waals surface area contributed by atoms with Crippen molar-refractivity contribution >= 4 is 11.6 Å². The molecular weight excluding hydrogens is 423 g/mol. The summed E-state index contributed by atoms with van der Waals surface area (Å²) < 4.78 is 20.8. The third-order valence-electron chi connectivity index (χ3n) is 5.79. The van der Waals surface area contributed by atoms with Gasteiger partial charge in [0.1, 0.15) is 17.6 Å². The fourth-order valence-electron chi connectivity index (χ4n) is 3.99. The van der Waals surface area contributed by atoms with Crippen molar-refractivity contribution in [2.45, 2.75) is 19.9 Å². The van der Waals surface area contributed by atoms with E-state index in [-0.39, 0.29) is 17.3 Å². The van der Waals surface area contributed by atoms with Crippen molar-refractivity contribution in [1.29, 1.82) is 0 Å². The largest absolute Gasteiger partial charge is 0.494 e. The molecule has 3 aromatic rings. The summed E-state index contributed by atoms with van der Waals surface area (Å²) in [5.41, 5.74) is 1.63. The fraction of sp³-hybridized carbons (Fsp3) is 0.320. The highest BCUT2D eigenvalue weighted by atomic mass is 19.1. The van der Waals surface area contributed by atoms with Crippen molar-refractivity contribution in [3.8, 4) is 17.0 Å². The second-order valence-corrected chi connectivity index (χ2v) is 7.90. The fourth-order valence-corrected chi connectivity index (χ4v) is 3.99. The summed E-state index contributed by atoms with van der Waals surface area (Å²) in [6, 6.07) is 16.4. The summed E-state index contributed by atoms with van der Waals surface area (Å²) in [7, 11) is 0. The van der Waals surface area contributed by atoms with Crippen LogP contribution in [0.2, 0.25) is 0 Å². The molecule has 2 heterocycles. The summed E-state index contributed by atoms with van der Waals surface area (Å²) in [4.78, 5) is 29.3. The monoisotopic (exact) mass is 450 g/mol. The van der Waals surface area contributed by atoms with Crippen LogP contribution in [-0.4, -0.2) is 53.4 Å². The van der Waals surface area contributed by atoms with E-state index in [0.717, 1.165) is 11.3 Å². The van der Waals surface area contributed by atoms with Gasteiger partial charge in [0.25, 0.3) is 5.56 Å². The lowest BCUT2D eigenvalue weighted by Gasteiger charge is -2.37. The number of hydrogen-bond donors (Lipinski definition) is 0. The minimum atomic E-state index is -0.750. The van der Waals surface area contributed by atoms with Crippen molar-refractivity contribution in [2.75, 3.05) is 37.7 Å². The molecule has 0 N–H and O–H groups in total. The van der Waals surface area contributed by atoms with Crippen LogP contribution in [0.25, 0.3) is 11.3 Å². The molecule has 0 radical (unpaired) electrons. The van der Waals surface area contributed by atoms with E-state index in [4.69, 9.17) is 4.74 Å². The lowest BCUT2D eigenvalue weighted by atomic mass is 10.1. The van der Waals surface area contributed by atoms with Crippen molar-refractivity contribution in [3.63, 3.8) is 0 Å². The predicted molar refractivity (Wildman–Crippen MR) is 125 cm³/mol. The Kier molecular flexibility index (Phi) is 6.72. The maximum Gasteiger partial charge on any atom is 0.267 e. The normalized spacial score (nSPS) is 14.8. The molecule has 1 aliphatic heterocycles. The van der Waals surface area contributed by atoms with Gasteiger partial charge in [-0.1, -0.05) is 12.1 Å². The molecule has 1 fully saturated rings. The zero-order chi connectivity index (χ0) is 23.4. The molecule has 0 aliphatic carbocycles. The van der Waals surface area contributed by atoms with E-state index in [0.29, 0.717) is 44.2 Å². The summed E-state index contributed by atoms with van der Waals surface area (Å²) in [6.45, 7) is 6.12. The van der Waals surface area contributed by atoms with Gasteiger partial charge in [0, 0.05) is 37.8 Å². The minimum absolute atomic E-state index is 0.179. The molecule has 33 heavy (non-hydrogen) atoms. The van der Waals surface area contributed by atoms with Crippen LogP contribution >= 0.6 is 0 Å². The number of carbonyl (C=O) groups excluding carboxylic acids is 1. The molecule has 8 heteroatoms. The van der Waals surface area contributed by atoms with E-state index in [2.05, 4.69) is 5.10 Å². The summed E-state index contributed by atoms with van der Waals surface area (Å²) in [6.07, 6.45) is 0. The average molecular weight is 451 g/mol. The molecule has 1 aromatic heterocycles. The zero-order valence-corrected chi connectivity index (χ0v) is 18.8. The van der Waals surface area contributed by atoms with Crippen LogP contribution < -0.4 is 15.2 Å². The van der Waals surface area contributed by atoms with Crippen LogP contribution in [0, 0.1) is 5.82 Å². The van der Waals surface area contributed by atoms with Crippen LogP contribution in [0.5, 0.6) is 5.75 Å². The first-order chi connectivity index (χ1) is 16.0. The minimum Gasteiger partial charge on any atom is -0.494 e. The topological polar surface area (TPSA) is 67.7 Å². The summed E-state index contributed by atoms with van der Waals surface area (Å²) in [5.74, 6) is 0.307. The number of halogens is 1. The van der Waals surface area contributed by atoms with Gasteiger partial charge in [0.2, 0.25) is 5.91 Å². The van der Waals surface area contributed by atoms with E-state index in [1.165, 1.54) is 16.8 Å². The summed E-state index contributed by atoms with van der Waals surface area (Å²) >= 11 is 0. The van der Waals surface area contributed by atoms with Crippen molar-refractivity contribution < 1.29 is 13.9 Å². The number of nitrogens with zero attached hydrogens (tertiary/aromatic N) is 4. The quantitative estimate of drug-likeness (QED) is 0.576. The number of anilines is 1. The van der Waals surface area contributed by atoms with Gasteiger partial charge in [-0.2, -0.15) is 5.10 Å². The van der Waals surface area contributed by atoms with Crippen molar-refractivity contribution in [1.82, 2.24) is 14.7 Å². The first kappa shape index (κ1) is 22.5. The van der Waals surface area contributed by atoms with Gasteiger partial charge in [0.15, 0.2) is 0 Å².